The zero-order valence-electron chi connectivity index (χ0n) is 8.76. The molecule has 74 valence electrons. The molecule has 2 unspecified atom stereocenters. The smallest absolute Gasteiger partial charge is 0.170 e. The molecule has 3 heteroatoms. The van der Waals surface area contributed by atoms with Gasteiger partial charge in [0.1, 0.15) is 0 Å². The average Bonchev–Trinajstić information content (AvgIpc) is 2.32. The van der Waals surface area contributed by atoms with Gasteiger partial charge in [0.2, 0.25) is 0 Å². The largest absolute Gasteiger partial charge is 0.347 e. The fourth-order valence-corrected chi connectivity index (χ4v) is 1.23. The lowest BCUT2D eigenvalue weighted by molar-refractivity contribution is -0.217. The Morgan fingerprint density at radius 1 is 1.54 bits per heavy atom. The molecular formula is C10H17NO2. The first-order chi connectivity index (χ1) is 5.89. The molecule has 1 saturated heterocycles. The van der Waals surface area contributed by atoms with Crippen LogP contribution in [0.2, 0.25) is 0 Å². The molecule has 0 bridgehead atoms. The molecule has 13 heavy (non-hydrogen) atoms. The van der Waals surface area contributed by atoms with E-state index in [1.54, 1.807) is 0 Å². The second-order valence-corrected chi connectivity index (χ2v) is 4.61. The first kappa shape index (κ1) is 10.5. The fourth-order valence-electron chi connectivity index (χ4n) is 1.23. The average molecular weight is 183 g/mol. The fraction of sp³-hybridized carbons (Fsp3) is 0.900. The van der Waals surface area contributed by atoms with Crippen molar-refractivity contribution >= 4 is 0 Å². The van der Waals surface area contributed by atoms with E-state index in [0.29, 0.717) is 13.0 Å². The third-order valence-corrected chi connectivity index (χ3v) is 2.62. The first-order valence-electron chi connectivity index (χ1n) is 4.58. The highest BCUT2D eigenvalue weighted by atomic mass is 16.7. The van der Waals surface area contributed by atoms with Gasteiger partial charge >= 0.3 is 0 Å². The molecule has 0 aromatic heterocycles. The van der Waals surface area contributed by atoms with Crippen LogP contribution in [0.3, 0.4) is 0 Å². The summed E-state index contributed by atoms with van der Waals surface area (Å²) in [5.41, 5.74) is -0.0583. The molecule has 3 nitrogen and oxygen atoms in total. The van der Waals surface area contributed by atoms with Gasteiger partial charge in [-0.15, -0.1) is 0 Å². The SMILES string of the molecule is CC(C)(C)C1(C)OCC(CC#N)O1. The normalized spacial score (nSPS) is 34.5. The van der Waals surface area contributed by atoms with E-state index in [-0.39, 0.29) is 11.5 Å². The van der Waals surface area contributed by atoms with E-state index in [1.165, 1.54) is 0 Å². The second-order valence-electron chi connectivity index (χ2n) is 4.61. The van der Waals surface area contributed by atoms with Crippen molar-refractivity contribution in [2.75, 3.05) is 6.61 Å². The maximum Gasteiger partial charge on any atom is 0.170 e. The molecule has 1 rings (SSSR count). The molecular weight excluding hydrogens is 166 g/mol. The van der Waals surface area contributed by atoms with Crippen LogP contribution in [-0.4, -0.2) is 18.5 Å². The Morgan fingerprint density at radius 3 is 2.54 bits per heavy atom. The van der Waals surface area contributed by atoms with Crippen LogP contribution in [0.4, 0.5) is 0 Å². The minimum absolute atomic E-state index is 0.0583. The minimum Gasteiger partial charge on any atom is -0.347 e. The van der Waals surface area contributed by atoms with Crippen molar-refractivity contribution in [3.8, 4) is 6.07 Å². The number of nitriles is 1. The molecule has 0 N–H and O–H groups in total. The Hall–Kier alpha value is -0.590. The van der Waals surface area contributed by atoms with Crippen LogP contribution in [0, 0.1) is 16.7 Å². The van der Waals surface area contributed by atoms with Gasteiger partial charge < -0.3 is 9.47 Å². The molecule has 0 saturated carbocycles. The van der Waals surface area contributed by atoms with Crippen LogP contribution < -0.4 is 0 Å². The van der Waals surface area contributed by atoms with Crippen molar-refractivity contribution in [2.24, 2.45) is 5.41 Å². The van der Waals surface area contributed by atoms with E-state index in [2.05, 4.69) is 26.8 Å². The van der Waals surface area contributed by atoms with Gasteiger partial charge in [-0.1, -0.05) is 20.8 Å². The summed E-state index contributed by atoms with van der Waals surface area (Å²) in [7, 11) is 0. The number of rotatable bonds is 1. The Balaban J connectivity index is 2.63. The van der Waals surface area contributed by atoms with E-state index < -0.39 is 5.79 Å². The lowest BCUT2D eigenvalue weighted by atomic mass is 9.87. The number of hydrogen-bond acceptors (Lipinski definition) is 3. The summed E-state index contributed by atoms with van der Waals surface area (Å²) >= 11 is 0. The summed E-state index contributed by atoms with van der Waals surface area (Å²) in [6.07, 6.45) is 0.347. The van der Waals surface area contributed by atoms with Crippen molar-refractivity contribution in [1.82, 2.24) is 0 Å². The lowest BCUT2D eigenvalue weighted by Crippen LogP contribution is -2.41. The highest BCUT2D eigenvalue weighted by molar-refractivity contribution is 4.88. The predicted molar refractivity (Wildman–Crippen MR) is 48.9 cm³/mol. The first-order valence-corrected chi connectivity index (χ1v) is 4.58. The van der Waals surface area contributed by atoms with Crippen molar-refractivity contribution in [2.45, 2.75) is 46.0 Å². The van der Waals surface area contributed by atoms with Gasteiger partial charge in [-0.2, -0.15) is 5.26 Å². The van der Waals surface area contributed by atoms with Gasteiger partial charge in [-0.3, -0.25) is 0 Å². The molecule has 1 aliphatic rings. The summed E-state index contributed by atoms with van der Waals surface area (Å²) in [4.78, 5) is 0. The third-order valence-electron chi connectivity index (χ3n) is 2.62. The van der Waals surface area contributed by atoms with Crippen molar-refractivity contribution in [1.29, 1.82) is 5.26 Å². The van der Waals surface area contributed by atoms with E-state index in [9.17, 15) is 0 Å². The van der Waals surface area contributed by atoms with Crippen LogP contribution in [0.25, 0.3) is 0 Å². The van der Waals surface area contributed by atoms with Crippen LogP contribution in [-0.2, 0) is 9.47 Å². The molecule has 0 aromatic rings. The standard InChI is InChI=1S/C10H17NO2/c1-9(2,3)10(4)12-7-8(13-10)5-6-11/h8H,5,7H2,1-4H3. The maximum absolute atomic E-state index is 8.51. The number of nitrogens with zero attached hydrogens (tertiary/aromatic N) is 1. The van der Waals surface area contributed by atoms with E-state index in [4.69, 9.17) is 14.7 Å². The van der Waals surface area contributed by atoms with Gasteiger partial charge in [0.15, 0.2) is 5.79 Å². The highest BCUT2D eigenvalue weighted by Crippen LogP contribution is 2.39. The molecule has 1 aliphatic heterocycles. The van der Waals surface area contributed by atoms with Gasteiger partial charge in [-0.05, 0) is 6.92 Å². The summed E-state index contributed by atoms with van der Waals surface area (Å²) in [6, 6.07) is 2.09. The van der Waals surface area contributed by atoms with Crippen LogP contribution in [0.15, 0.2) is 0 Å². The number of hydrogen-bond donors (Lipinski definition) is 0. The Labute approximate surface area is 79.6 Å². The second kappa shape index (κ2) is 3.28. The molecule has 1 heterocycles. The Morgan fingerprint density at radius 2 is 2.15 bits per heavy atom. The van der Waals surface area contributed by atoms with Crippen LogP contribution in [0.1, 0.15) is 34.1 Å². The Bertz CT molecular complexity index is 226. The van der Waals surface area contributed by atoms with Crippen LogP contribution in [0.5, 0.6) is 0 Å². The van der Waals surface area contributed by atoms with E-state index in [0.717, 1.165) is 0 Å². The van der Waals surface area contributed by atoms with Crippen LogP contribution >= 0.6 is 0 Å². The predicted octanol–water partition coefficient (Wildman–Crippen LogP) is 2.08. The number of ether oxygens (including phenoxy) is 2. The summed E-state index contributed by atoms with van der Waals surface area (Å²) in [5.74, 6) is -0.547. The monoisotopic (exact) mass is 183 g/mol. The molecule has 0 aromatic carbocycles. The van der Waals surface area contributed by atoms with Crippen molar-refractivity contribution in [3.05, 3.63) is 0 Å². The molecule has 2 atom stereocenters. The van der Waals surface area contributed by atoms with Crippen molar-refractivity contribution in [3.63, 3.8) is 0 Å². The quantitative estimate of drug-likeness (QED) is 0.625. The van der Waals surface area contributed by atoms with Gasteiger partial charge in [0.05, 0.1) is 25.2 Å². The molecule has 0 spiro atoms. The lowest BCUT2D eigenvalue weighted by Gasteiger charge is -2.36. The summed E-state index contributed by atoms with van der Waals surface area (Å²) in [6.45, 7) is 8.68. The van der Waals surface area contributed by atoms with E-state index >= 15 is 0 Å². The molecule has 1 fully saturated rings. The molecule has 0 radical (unpaired) electrons. The Kier molecular flexibility index (Phi) is 2.65. The van der Waals surface area contributed by atoms with Gasteiger partial charge in [0, 0.05) is 5.41 Å². The maximum atomic E-state index is 8.51. The summed E-state index contributed by atoms with van der Waals surface area (Å²) < 4.78 is 11.3. The summed E-state index contributed by atoms with van der Waals surface area (Å²) in [5, 5.41) is 8.51. The zero-order chi connectivity index (χ0) is 10.1. The van der Waals surface area contributed by atoms with Gasteiger partial charge in [-0.25, -0.2) is 0 Å². The third kappa shape index (κ3) is 2.01. The topological polar surface area (TPSA) is 42.2 Å². The van der Waals surface area contributed by atoms with Gasteiger partial charge in [0.25, 0.3) is 0 Å². The molecule has 0 amide bonds. The molecule has 0 aliphatic carbocycles. The van der Waals surface area contributed by atoms with Crippen molar-refractivity contribution < 1.29 is 9.47 Å². The zero-order valence-corrected chi connectivity index (χ0v) is 8.76. The highest BCUT2D eigenvalue weighted by Gasteiger charge is 2.46. The minimum atomic E-state index is -0.547. The van der Waals surface area contributed by atoms with E-state index in [1.807, 2.05) is 6.92 Å².